The van der Waals surface area contributed by atoms with Crippen LogP contribution in [0.1, 0.15) is 23.2 Å². The van der Waals surface area contributed by atoms with Crippen LogP contribution in [0.4, 0.5) is 5.69 Å². The molecule has 2 aliphatic rings. The minimum absolute atomic E-state index is 0.0689. The summed E-state index contributed by atoms with van der Waals surface area (Å²) in [6, 6.07) is 7.96. The molecule has 0 spiro atoms. The predicted molar refractivity (Wildman–Crippen MR) is 98.4 cm³/mol. The van der Waals surface area contributed by atoms with Crippen molar-refractivity contribution in [1.82, 2.24) is 10.2 Å². The first-order chi connectivity index (χ1) is 12.7. The molecular weight excluding hydrogens is 334 g/mol. The number of carbonyl (C=O) groups excluding carboxylic acids is 2. The van der Waals surface area contributed by atoms with Crippen molar-refractivity contribution in [2.24, 2.45) is 0 Å². The van der Waals surface area contributed by atoms with Gasteiger partial charge in [-0.3, -0.25) is 9.59 Å². The normalized spacial score (nSPS) is 18.7. The van der Waals surface area contributed by atoms with Crippen LogP contribution < -0.4 is 10.2 Å². The van der Waals surface area contributed by atoms with Crippen molar-refractivity contribution in [1.29, 1.82) is 0 Å². The quantitative estimate of drug-likeness (QED) is 0.843. The van der Waals surface area contributed by atoms with E-state index in [0.717, 1.165) is 37.2 Å². The van der Waals surface area contributed by atoms with E-state index in [-0.39, 0.29) is 24.5 Å². The minimum atomic E-state index is -0.0751. The van der Waals surface area contributed by atoms with Crippen LogP contribution in [0.5, 0.6) is 0 Å². The number of carbonyl (C=O) groups is 2. The van der Waals surface area contributed by atoms with Gasteiger partial charge in [-0.1, -0.05) is 12.1 Å². The fraction of sp³-hybridized carbons (Fsp3) is 0.579. The van der Waals surface area contributed by atoms with Crippen molar-refractivity contribution in [3.63, 3.8) is 0 Å². The molecule has 0 aromatic heterocycles. The molecule has 0 atom stereocenters. The maximum Gasteiger partial charge on any atom is 0.256 e. The van der Waals surface area contributed by atoms with Crippen molar-refractivity contribution in [2.45, 2.75) is 18.9 Å². The molecule has 2 aliphatic heterocycles. The molecule has 0 aliphatic carbocycles. The highest BCUT2D eigenvalue weighted by Gasteiger charge is 2.26. The van der Waals surface area contributed by atoms with Gasteiger partial charge in [-0.05, 0) is 25.0 Å². The van der Waals surface area contributed by atoms with Crippen LogP contribution in [0.15, 0.2) is 24.3 Å². The number of anilines is 1. The number of hydrogen-bond acceptors (Lipinski definition) is 5. The van der Waals surface area contributed by atoms with Crippen LogP contribution in [-0.4, -0.2) is 75.9 Å². The molecule has 142 valence electrons. The third-order valence-electron chi connectivity index (χ3n) is 4.91. The Kier molecular flexibility index (Phi) is 6.46. The van der Waals surface area contributed by atoms with Gasteiger partial charge in [-0.25, -0.2) is 0 Å². The predicted octanol–water partition coefficient (Wildman–Crippen LogP) is 0.890. The van der Waals surface area contributed by atoms with E-state index in [1.807, 2.05) is 29.2 Å². The number of piperidine rings is 1. The molecule has 1 aromatic carbocycles. The zero-order valence-corrected chi connectivity index (χ0v) is 15.3. The highest BCUT2D eigenvalue weighted by Crippen LogP contribution is 2.25. The standard InChI is InChI=1S/C19H27N3O4/c1-25-14-18(23)20-15-6-8-21(9-7-15)17-5-3-2-4-16(17)19(24)22-10-12-26-13-11-22/h2-5,15H,6-14H2,1H3,(H,20,23). The Hall–Kier alpha value is -2.12. The summed E-state index contributed by atoms with van der Waals surface area (Å²) in [7, 11) is 1.52. The maximum absolute atomic E-state index is 12.9. The van der Waals surface area contributed by atoms with Crippen LogP contribution in [0.3, 0.4) is 0 Å². The molecule has 0 saturated carbocycles. The summed E-state index contributed by atoms with van der Waals surface area (Å²) in [4.78, 5) is 28.7. The lowest BCUT2D eigenvalue weighted by Crippen LogP contribution is -2.46. The molecule has 0 radical (unpaired) electrons. The molecule has 1 aromatic rings. The largest absolute Gasteiger partial charge is 0.378 e. The lowest BCUT2D eigenvalue weighted by Gasteiger charge is -2.35. The van der Waals surface area contributed by atoms with E-state index < -0.39 is 0 Å². The number of nitrogens with one attached hydrogen (secondary N) is 1. The van der Waals surface area contributed by atoms with E-state index in [0.29, 0.717) is 26.3 Å². The van der Waals surface area contributed by atoms with Gasteiger partial charge in [0.15, 0.2) is 0 Å². The molecule has 0 bridgehead atoms. The van der Waals surface area contributed by atoms with Crippen LogP contribution >= 0.6 is 0 Å². The van der Waals surface area contributed by atoms with Crippen molar-refractivity contribution < 1.29 is 19.1 Å². The van der Waals surface area contributed by atoms with E-state index in [4.69, 9.17) is 9.47 Å². The number of methoxy groups -OCH3 is 1. The molecule has 2 heterocycles. The first kappa shape index (κ1) is 18.7. The second-order valence-corrected chi connectivity index (χ2v) is 6.68. The van der Waals surface area contributed by atoms with Gasteiger partial charge in [0.1, 0.15) is 6.61 Å². The fourth-order valence-corrected chi connectivity index (χ4v) is 3.53. The highest BCUT2D eigenvalue weighted by atomic mass is 16.5. The van der Waals surface area contributed by atoms with E-state index in [2.05, 4.69) is 10.2 Å². The van der Waals surface area contributed by atoms with Gasteiger partial charge >= 0.3 is 0 Å². The van der Waals surface area contributed by atoms with Gasteiger partial charge in [0.25, 0.3) is 5.91 Å². The van der Waals surface area contributed by atoms with Crippen molar-refractivity contribution in [2.75, 3.05) is 58.0 Å². The number of morpholine rings is 1. The Morgan fingerprint density at radius 3 is 2.54 bits per heavy atom. The number of nitrogens with zero attached hydrogens (tertiary/aromatic N) is 2. The Morgan fingerprint density at radius 1 is 1.15 bits per heavy atom. The Balaban J connectivity index is 1.63. The second kappa shape index (κ2) is 9.00. The van der Waals surface area contributed by atoms with Gasteiger partial charge in [-0.2, -0.15) is 0 Å². The Labute approximate surface area is 154 Å². The molecule has 3 rings (SSSR count). The summed E-state index contributed by atoms with van der Waals surface area (Å²) in [5.41, 5.74) is 1.72. The topological polar surface area (TPSA) is 71.1 Å². The first-order valence-corrected chi connectivity index (χ1v) is 9.18. The van der Waals surface area contributed by atoms with Gasteiger partial charge in [0, 0.05) is 45.0 Å². The van der Waals surface area contributed by atoms with E-state index in [1.165, 1.54) is 7.11 Å². The minimum Gasteiger partial charge on any atom is -0.378 e. The highest BCUT2D eigenvalue weighted by molar-refractivity contribution is 6.00. The summed E-state index contributed by atoms with van der Waals surface area (Å²) in [5, 5.41) is 3.00. The lowest BCUT2D eigenvalue weighted by atomic mass is 10.0. The number of ether oxygens (including phenoxy) is 2. The monoisotopic (exact) mass is 361 g/mol. The third kappa shape index (κ3) is 4.53. The Morgan fingerprint density at radius 2 is 1.85 bits per heavy atom. The molecule has 7 nitrogen and oxygen atoms in total. The number of hydrogen-bond donors (Lipinski definition) is 1. The summed E-state index contributed by atoms with van der Waals surface area (Å²) < 4.78 is 10.2. The number of benzene rings is 1. The van der Waals surface area contributed by atoms with E-state index >= 15 is 0 Å². The smallest absolute Gasteiger partial charge is 0.256 e. The van der Waals surface area contributed by atoms with Crippen LogP contribution in [0, 0.1) is 0 Å². The van der Waals surface area contributed by atoms with Gasteiger partial charge in [0.2, 0.25) is 5.91 Å². The molecule has 2 amide bonds. The molecule has 7 heteroatoms. The van der Waals surface area contributed by atoms with Crippen molar-refractivity contribution in [3.8, 4) is 0 Å². The fourth-order valence-electron chi connectivity index (χ4n) is 3.53. The zero-order chi connectivity index (χ0) is 18.4. The molecule has 2 fully saturated rings. The third-order valence-corrected chi connectivity index (χ3v) is 4.91. The summed E-state index contributed by atoms with van der Waals surface area (Å²) in [5.74, 6) is -0.00624. The average molecular weight is 361 g/mol. The molecule has 1 N–H and O–H groups in total. The average Bonchev–Trinajstić information content (AvgIpc) is 2.69. The summed E-state index contributed by atoms with van der Waals surface area (Å²) in [6.07, 6.45) is 1.71. The number of rotatable bonds is 5. The SMILES string of the molecule is COCC(=O)NC1CCN(c2ccccc2C(=O)N2CCOCC2)CC1. The van der Waals surface area contributed by atoms with E-state index in [1.54, 1.807) is 0 Å². The van der Waals surface area contributed by atoms with Crippen LogP contribution in [0.2, 0.25) is 0 Å². The lowest BCUT2D eigenvalue weighted by molar-refractivity contribution is -0.125. The number of para-hydroxylation sites is 1. The molecule has 0 unspecified atom stereocenters. The Bertz CT molecular complexity index is 623. The van der Waals surface area contributed by atoms with Gasteiger partial charge in [-0.15, -0.1) is 0 Å². The molecule has 26 heavy (non-hydrogen) atoms. The summed E-state index contributed by atoms with van der Waals surface area (Å²) >= 11 is 0. The number of amides is 2. The van der Waals surface area contributed by atoms with Crippen LogP contribution in [0.25, 0.3) is 0 Å². The molecule has 2 saturated heterocycles. The zero-order valence-electron chi connectivity index (χ0n) is 15.3. The van der Waals surface area contributed by atoms with Crippen LogP contribution in [-0.2, 0) is 14.3 Å². The summed E-state index contributed by atoms with van der Waals surface area (Å²) in [6.45, 7) is 4.19. The first-order valence-electron chi connectivity index (χ1n) is 9.18. The van der Waals surface area contributed by atoms with E-state index in [9.17, 15) is 9.59 Å². The second-order valence-electron chi connectivity index (χ2n) is 6.68. The maximum atomic E-state index is 12.9. The molecular formula is C19H27N3O4. The van der Waals surface area contributed by atoms with Gasteiger partial charge in [0.05, 0.1) is 18.8 Å². The van der Waals surface area contributed by atoms with Crippen molar-refractivity contribution >= 4 is 17.5 Å². The van der Waals surface area contributed by atoms with Gasteiger partial charge < -0.3 is 24.6 Å². The van der Waals surface area contributed by atoms with Crippen molar-refractivity contribution in [3.05, 3.63) is 29.8 Å².